The van der Waals surface area contributed by atoms with Crippen molar-refractivity contribution in [3.8, 4) is 0 Å². The van der Waals surface area contributed by atoms with E-state index in [9.17, 15) is 4.79 Å². The number of aromatic nitrogens is 1. The molecule has 0 bridgehead atoms. The van der Waals surface area contributed by atoms with Crippen molar-refractivity contribution in [2.45, 2.75) is 12.8 Å². The minimum absolute atomic E-state index is 0.0665. The molecule has 1 N–H and O–H groups in total. The summed E-state index contributed by atoms with van der Waals surface area (Å²) in [5, 5.41) is 2.99. The first kappa shape index (κ1) is 17.7. The molecule has 4 nitrogen and oxygen atoms in total. The number of hydrogen-bond donors (Lipinski definition) is 1. The van der Waals surface area contributed by atoms with Crippen molar-refractivity contribution in [1.82, 2.24) is 10.3 Å². The topological polar surface area (TPSA) is 45.2 Å². The number of pyridine rings is 1. The number of hydrogen-bond acceptors (Lipinski definition) is 3. The average Bonchev–Trinajstić information content (AvgIpc) is 2.72. The van der Waals surface area contributed by atoms with E-state index in [-0.39, 0.29) is 5.91 Å². The van der Waals surface area contributed by atoms with Crippen molar-refractivity contribution in [2.75, 3.05) is 18.5 Å². The predicted octanol–water partition coefficient (Wildman–Crippen LogP) is 4.21. The summed E-state index contributed by atoms with van der Waals surface area (Å²) in [4.78, 5) is 18.8. The number of anilines is 2. The zero-order valence-corrected chi connectivity index (χ0v) is 14.9. The smallest absolute Gasteiger partial charge is 0.251 e. The molecule has 1 heterocycles. The number of para-hydroxylation sites is 1. The predicted molar refractivity (Wildman–Crippen MR) is 106 cm³/mol. The quantitative estimate of drug-likeness (QED) is 0.652. The second kappa shape index (κ2) is 8.81. The van der Waals surface area contributed by atoms with Crippen molar-refractivity contribution in [2.24, 2.45) is 0 Å². The molecule has 2 aromatic carbocycles. The third-order valence-corrected chi connectivity index (χ3v) is 4.27. The zero-order chi connectivity index (χ0) is 18.2. The molecule has 3 aromatic rings. The molecular formula is C22H23N3O. The van der Waals surface area contributed by atoms with Crippen molar-refractivity contribution in [3.63, 3.8) is 0 Å². The number of rotatable bonds is 7. The molecule has 0 radical (unpaired) electrons. The lowest BCUT2D eigenvalue weighted by atomic mass is 10.1. The fraction of sp³-hybridized carbons (Fsp3) is 0.182. The van der Waals surface area contributed by atoms with Gasteiger partial charge in [-0.2, -0.15) is 0 Å². The Morgan fingerprint density at radius 3 is 2.42 bits per heavy atom. The first-order valence-corrected chi connectivity index (χ1v) is 8.81. The van der Waals surface area contributed by atoms with E-state index < -0.39 is 0 Å². The van der Waals surface area contributed by atoms with Gasteiger partial charge < -0.3 is 10.2 Å². The number of carbonyl (C=O) groups is 1. The Bertz CT molecular complexity index is 834. The largest absolute Gasteiger partial charge is 0.352 e. The molecule has 0 saturated heterocycles. The van der Waals surface area contributed by atoms with E-state index in [0.29, 0.717) is 12.1 Å². The van der Waals surface area contributed by atoms with E-state index in [1.54, 1.807) is 12.3 Å². The summed E-state index contributed by atoms with van der Waals surface area (Å²) in [6.45, 7) is 0.653. The fourth-order valence-electron chi connectivity index (χ4n) is 2.77. The Morgan fingerprint density at radius 2 is 1.69 bits per heavy atom. The van der Waals surface area contributed by atoms with Gasteiger partial charge >= 0.3 is 0 Å². The Kier molecular flexibility index (Phi) is 5.99. The van der Waals surface area contributed by atoms with Crippen molar-refractivity contribution in [1.29, 1.82) is 0 Å². The van der Waals surface area contributed by atoms with Crippen LogP contribution in [0.3, 0.4) is 0 Å². The summed E-state index contributed by atoms with van der Waals surface area (Å²) < 4.78 is 0. The molecule has 0 unspecified atom stereocenters. The maximum absolute atomic E-state index is 12.4. The monoisotopic (exact) mass is 345 g/mol. The molecule has 1 amide bonds. The number of carbonyl (C=O) groups excluding carboxylic acids is 1. The third-order valence-electron chi connectivity index (χ3n) is 4.27. The molecular weight excluding hydrogens is 322 g/mol. The van der Waals surface area contributed by atoms with Gasteiger partial charge in [-0.25, -0.2) is 4.98 Å². The Labute approximate surface area is 154 Å². The molecule has 0 saturated carbocycles. The highest BCUT2D eigenvalue weighted by atomic mass is 16.1. The number of amides is 1. The van der Waals surface area contributed by atoms with Gasteiger partial charge in [0.25, 0.3) is 5.91 Å². The van der Waals surface area contributed by atoms with Crippen LogP contribution in [0.2, 0.25) is 0 Å². The van der Waals surface area contributed by atoms with Gasteiger partial charge in [0.05, 0.1) is 0 Å². The first-order chi connectivity index (χ1) is 12.7. The van der Waals surface area contributed by atoms with Gasteiger partial charge in [-0.15, -0.1) is 0 Å². The van der Waals surface area contributed by atoms with Crippen molar-refractivity contribution < 1.29 is 4.79 Å². The third kappa shape index (κ3) is 4.70. The first-order valence-electron chi connectivity index (χ1n) is 8.81. The van der Waals surface area contributed by atoms with Crippen LogP contribution in [-0.4, -0.2) is 24.5 Å². The summed E-state index contributed by atoms with van der Waals surface area (Å²) in [7, 11) is 1.94. The highest BCUT2D eigenvalue weighted by molar-refractivity contribution is 5.94. The SMILES string of the molecule is CN(c1ccccc1)c1cc(C(=O)NCCCc2ccccc2)ccn1. The molecule has 0 fully saturated rings. The van der Waals surface area contributed by atoms with Crippen LogP contribution in [0.25, 0.3) is 0 Å². The van der Waals surface area contributed by atoms with E-state index in [1.807, 2.05) is 66.5 Å². The van der Waals surface area contributed by atoms with Crippen molar-refractivity contribution in [3.05, 3.63) is 90.1 Å². The Morgan fingerprint density at radius 1 is 1.00 bits per heavy atom. The summed E-state index contributed by atoms with van der Waals surface area (Å²) in [5.74, 6) is 0.677. The van der Waals surface area contributed by atoms with Crippen LogP contribution < -0.4 is 10.2 Å². The van der Waals surface area contributed by atoms with Gasteiger partial charge in [0.15, 0.2) is 0 Å². The maximum atomic E-state index is 12.4. The Balaban J connectivity index is 1.56. The van der Waals surface area contributed by atoms with E-state index in [1.165, 1.54) is 5.56 Å². The molecule has 0 spiro atoms. The van der Waals surface area contributed by atoms with Gasteiger partial charge in [-0.3, -0.25) is 4.79 Å². The van der Waals surface area contributed by atoms with E-state index in [2.05, 4.69) is 22.4 Å². The van der Waals surface area contributed by atoms with Crippen LogP contribution in [-0.2, 0) is 6.42 Å². The zero-order valence-electron chi connectivity index (χ0n) is 14.9. The van der Waals surface area contributed by atoms with Crippen LogP contribution >= 0.6 is 0 Å². The highest BCUT2D eigenvalue weighted by Gasteiger charge is 2.10. The number of nitrogens with one attached hydrogen (secondary N) is 1. The van der Waals surface area contributed by atoms with Gasteiger partial charge in [0.2, 0.25) is 0 Å². The normalized spacial score (nSPS) is 10.3. The van der Waals surface area contributed by atoms with Crippen LogP contribution in [0.5, 0.6) is 0 Å². The number of benzene rings is 2. The molecule has 26 heavy (non-hydrogen) atoms. The molecule has 132 valence electrons. The van der Waals surface area contributed by atoms with E-state index in [0.717, 1.165) is 24.3 Å². The molecule has 0 aliphatic rings. The van der Waals surface area contributed by atoms with Crippen LogP contribution in [0.1, 0.15) is 22.3 Å². The molecule has 1 aromatic heterocycles. The van der Waals surface area contributed by atoms with Crippen LogP contribution in [0.4, 0.5) is 11.5 Å². The molecule has 0 atom stereocenters. The average molecular weight is 345 g/mol. The van der Waals surface area contributed by atoms with Gasteiger partial charge in [-0.1, -0.05) is 48.5 Å². The van der Waals surface area contributed by atoms with Gasteiger partial charge in [0, 0.05) is 31.0 Å². The standard InChI is InChI=1S/C22H23N3O/c1-25(20-12-6-3-7-13-20)21-17-19(14-16-23-21)22(26)24-15-8-11-18-9-4-2-5-10-18/h2-7,9-10,12-14,16-17H,8,11,15H2,1H3,(H,24,26). The molecule has 0 aliphatic carbocycles. The highest BCUT2D eigenvalue weighted by Crippen LogP contribution is 2.21. The van der Waals surface area contributed by atoms with Gasteiger partial charge in [-0.05, 0) is 42.7 Å². The minimum atomic E-state index is -0.0665. The van der Waals surface area contributed by atoms with Crippen LogP contribution in [0, 0.1) is 0 Å². The second-order valence-electron chi connectivity index (χ2n) is 6.14. The van der Waals surface area contributed by atoms with Gasteiger partial charge in [0.1, 0.15) is 5.82 Å². The minimum Gasteiger partial charge on any atom is -0.352 e. The lowest BCUT2D eigenvalue weighted by molar-refractivity contribution is 0.0953. The lowest BCUT2D eigenvalue weighted by Gasteiger charge is -2.18. The summed E-state index contributed by atoms with van der Waals surface area (Å²) >= 11 is 0. The van der Waals surface area contributed by atoms with Crippen molar-refractivity contribution >= 4 is 17.4 Å². The van der Waals surface area contributed by atoms with Crippen LogP contribution in [0.15, 0.2) is 79.0 Å². The number of nitrogens with zero attached hydrogens (tertiary/aromatic N) is 2. The molecule has 0 aliphatic heterocycles. The Hall–Kier alpha value is -3.14. The molecule has 3 rings (SSSR count). The summed E-state index contributed by atoms with van der Waals surface area (Å²) in [6, 6.07) is 23.8. The second-order valence-corrected chi connectivity index (χ2v) is 6.14. The lowest BCUT2D eigenvalue weighted by Crippen LogP contribution is -2.25. The maximum Gasteiger partial charge on any atom is 0.251 e. The summed E-state index contributed by atoms with van der Waals surface area (Å²) in [6.07, 6.45) is 3.55. The fourth-order valence-corrected chi connectivity index (χ4v) is 2.77. The number of aryl methyl sites for hydroxylation is 1. The van der Waals surface area contributed by atoms with E-state index >= 15 is 0 Å². The summed E-state index contributed by atoms with van der Waals surface area (Å²) in [5.41, 5.74) is 2.94. The molecule has 4 heteroatoms. The van der Waals surface area contributed by atoms with E-state index in [4.69, 9.17) is 0 Å².